The molecular formula is C11H17N3S. The molecule has 1 rings (SSSR count). The van der Waals surface area contributed by atoms with E-state index in [4.69, 9.17) is 18.0 Å². The molecule has 0 aliphatic carbocycles. The summed E-state index contributed by atoms with van der Waals surface area (Å²) in [5.41, 5.74) is 7.41. The standard InChI is InChI=1S/C11H17N3S/c1-3-4-7-13-11-9(10(12)15)6-5-8(2)14-11/h5-6H,3-4,7H2,1-2H3,(H2,12,15)(H,13,14). The molecule has 0 atom stereocenters. The highest BCUT2D eigenvalue weighted by Gasteiger charge is 2.05. The van der Waals surface area contributed by atoms with Crippen LogP contribution in [-0.4, -0.2) is 16.5 Å². The van der Waals surface area contributed by atoms with Crippen LogP contribution in [0.3, 0.4) is 0 Å². The van der Waals surface area contributed by atoms with Crippen molar-refractivity contribution < 1.29 is 0 Å². The fourth-order valence-corrected chi connectivity index (χ4v) is 1.44. The van der Waals surface area contributed by atoms with Crippen LogP contribution in [0, 0.1) is 6.92 Å². The third kappa shape index (κ3) is 3.47. The first-order chi connectivity index (χ1) is 7.15. The van der Waals surface area contributed by atoms with E-state index in [9.17, 15) is 0 Å². The Morgan fingerprint density at radius 1 is 1.53 bits per heavy atom. The molecule has 1 aromatic heterocycles. The molecule has 0 fully saturated rings. The average Bonchev–Trinajstić information content (AvgIpc) is 2.18. The van der Waals surface area contributed by atoms with E-state index >= 15 is 0 Å². The minimum absolute atomic E-state index is 0.390. The maximum atomic E-state index is 5.62. The van der Waals surface area contributed by atoms with E-state index in [0.29, 0.717) is 4.99 Å². The fourth-order valence-electron chi connectivity index (χ4n) is 1.27. The zero-order valence-electron chi connectivity index (χ0n) is 9.21. The van der Waals surface area contributed by atoms with Gasteiger partial charge in [0.2, 0.25) is 0 Å². The van der Waals surface area contributed by atoms with Gasteiger partial charge in [0.15, 0.2) is 0 Å². The molecule has 0 aliphatic rings. The molecule has 0 bridgehead atoms. The molecule has 0 unspecified atom stereocenters. The predicted molar refractivity (Wildman–Crippen MR) is 68.3 cm³/mol. The van der Waals surface area contributed by atoms with E-state index in [1.54, 1.807) is 0 Å². The van der Waals surface area contributed by atoms with Crippen LogP contribution in [0.5, 0.6) is 0 Å². The summed E-state index contributed by atoms with van der Waals surface area (Å²) in [7, 11) is 0. The SMILES string of the molecule is CCCCNc1nc(C)ccc1C(N)=S. The zero-order valence-corrected chi connectivity index (χ0v) is 10.0. The molecule has 0 spiro atoms. The number of hydrogen-bond donors (Lipinski definition) is 2. The van der Waals surface area contributed by atoms with Crippen LogP contribution < -0.4 is 11.1 Å². The molecule has 15 heavy (non-hydrogen) atoms. The van der Waals surface area contributed by atoms with Crippen LogP contribution >= 0.6 is 12.2 Å². The van der Waals surface area contributed by atoms with Gasteiger partial charge in [-0.05, 0) is 25.5 Å². The van der Waals surface area contributed by atoms with Crippen LogP contribution in [0.4, 0.5) is 5.82 Å². The molecule has 4 heteroatoms. The monoisotopic (exact) mass is 223 g/mol. The number of nitrogens with two attached hydrogens (primary N) is 1. The van der Waals surface area contributed by atoms with Crippen LogP contribution in [0.15, 0.2) is 12.1 Å². The van der Waals surface area contributed by atoms with E-state index in [-0.39, 0.29) is 0 Å². The van der Waals surface area contributed by atoms with Crippen molar-refractivity contribution in [2.24, 2.45) is 5.73 Å². The van der Waals surface area contributed by atoms with Gasteiger partial charge < -0.3 is 11.1 Å². The largest absolute Gasteiger partial charge is 0.389 e. The first-order valence-corrected chi connectivity index (χ1v) is 5.57. The minimum Gasteiger partial charge on any atom is -0.389 e. The number of aromatic nitrogens is 1. The first-order valence-electron chi connectivity index (χ1n) is 5.16. The quantitative estimate of drug-likeness (QED) is 0.594. The summed E-state index contributed by atoms with van der Waals surface area (Å²) in [5, 5.41) is 3.26. The third-order valence-corrected chi connectivity index (χ3v) is 2.34. The highest BCUT2D eigenvalue weighted by molar-refractivity contribution is 7.80. The smallest absolute Gasteiger partial charge is 0.136 e. The number of aryl methyl sites for hydroxylation is 1. The Labute approximate surface area is 96.1 Å². The van der Waals surface area contributed by atoms with Gasteiger partial charge in [-0.15, -0.1) is 0 Å². The van der Waals surface area contributed by atoms with Gasteiger partial charge in [0.25, 0.3) is 0 Å². The number of nitrogens with one attached hydrogen (secondary N) is 1. The number of pyridine rings is 1. The van der Waals surface area contributed by atoms with E-state index in [2.05, 4.69) is 17.2 Å². The summed E-state index contributed by atoms with van der Waals surface area (Å²) < 4.78 is 0. The van der Waals surface area contributed by atoms with E-state index in [1.165, 1.54) is 0 Å². The second-order valence-electron chi connectivity index (χ2n) is 3.49. The van der Waals surface area contributed by atoms with E-state index in [1.807, 2.05) is 19.1 Å². The lowest BCUT2D eigenvalue weighted by atomic mass is 10.2. The van der Waals surface area contributed by atoms with Crippen LogP contribution in [0.2, 0.25) is 0 Å². The molecule has 0 saturated heterocycles. The molecule has 3 nitrogen and oxygen atoms in total. The Hall–Kier alpha value is -1.16. The van der Waals surface area contributed by atoms with Crippen molar-refractivity contribution in [1.82, 2.24) is 4.98 Å². The van der Waals surface area contributed by atoms with Gasteiger partial charge in [0.1, 0.15) is 10.8 Å². The lowest BCUT2D eigenvalue weighted by Crippen LogP contribution is -2.15. The van der Waals surface area contributed by atoms with Gasteiger partial charge in [-0.25, -0.2) is 4.98 Å². The van der Waals surface area contributed by atoms with Gasteiger partial charge in [0, 0.05) is 12.2 Å². The van der Waals surface area contributed by atoms with Crippen molar-refractivity contribution in [2.45, 2.75) is 26.7 Å². The van der Waals surface area contributed by atoms with E-state index in [0.717, 1.165) is 36.5 Å². The Morgan fingerprint density at radius 2 is 2.27 bits per heavy atom. The van der Waals surface area contributed by atoms with Crippen molar-refractivity contribution >= 4 is 23.0 Å². The maximum Gasteiger partial charge on any atom is 0.136 e. The van der Waals surface area contributed by atoms with E-state index < -0.39 is 0 Å². The molecule has 0 saturated carbocycles. The lowest BCUT2D eigenvalue weighted by Gasteiger charge is -2.10. The van der Waals surface area contributed by atoms with Crippen molar-refractivity contribution in [3.8, 4) is 0 Å². The summed E-state index contributed by atoms with van der Waals surface area (Å²) in [4.78, 5) is 4.78. The minimum atomic E-state index is 0.390. The number of rotatable bonds is 5. The number of thiocarbonyl (C=S) groups is 1. The van der Waals surface area contributed by atoms with Crippen molar-refractivity contribution in [2.75, 3.05) is 11.9 Å². The third-order valence-electron chi connectivity index (χ3n) is 2.12. The molecular weight excluding hydrogens is 206 g/mol. The van der Waals surface area contributed by atoms with Crippen molar-refractivity contribution in [3.05, 3.63) is 23.4 Å². The van der Waals surface area contributed by atoms with Gasteiger partial charge >= 0.3 is 0 Å². The average molecular weight is 223 g/mol. The Balaban J connectivity index is 2.82. The summed E-state index contributed by atoms with van der Waals surface area (Å²) in [5.74, 6) is 0.802. The summed E-state index contributed by atoms with van der Waals surface area (Å²) >= 11 is 4.97. The second-order valence-corrected chi connectivity index (χ2v) is 3.93. The van der Waals surface area contributed by atoms with Crippen LogP contribution in [-0.2, 0) is 0 Å². The second kappa shape index (κ2) is 5.66. The Kier molecular flexibility index (Phi) is 4.49. The molecule has 0 aliphatic heterocycles. The summed E-state index contributed by atoms with van der Waals surface area (Å²) in [6, 6.07) is 3.83. The van der Waals surface area contributed by atoms with Gasteiger partial charge in [0.05, 0.1) is 5.56 Å². The highest BCUT2D eigenvalue weighted by Crippen LogP contribution is 2.13. The van der Waals surface area contributed by atoms with Gasteiger partial charge in [-0.3, -0.25) is 0 Å². The topological polar surface area (TPSA) is 50.9 Å². The predicted octanol–water partition coefficient (Wildman–Crippen LogP) is 2.24. The number of anilines is 1. The molecule has 0 amide bonds. The first kappa shape index (κ1) is 11.9. The highest BCUT2D eigenvalue weighted by atomic mass is 32.1. The van der Waals surface area contributed by atoms with Crippen molar-refractivity contribution in [3.63, 3.8) is 0 Å². The number of nitrogens with zero attached hydrogens (tertiary/aromatic N) is 1. The molecule has 3 N–H and O–H groups in total. The maximum absolute atomic E-state index is 5.62. The zero-order chi connectivity index (χ0) is 11.3. The Morgan fingerprint density at radius 3 is 2.87 bits per heavy atom. The summed E-state index contributed by atoms with van der Waals surface area (Å²) in [6.45, 7) is 5.01. The molecule has 1 aromatic rings. The lowest BCUT2D eigenvalue weighted by molar-refractivity contribution is 0.830. The number of hydrogen-bond acceptors (Lipinski definition) is 3. The normalized spacial score (nSPS) is 10.0. The molecule has 0 aromatic carbocycles. The Bertz CT molecular complexity index is 350. The van der Waals surface area contributed by atoms with Crippen molar-refractivity contribution in [1.29, 1.82) is 0 Å². The molecule has 0 radical (unpaired) electrons. The summed E-state index contributed by atoms with van der Waals surface area (Å²) in [6.07, 6.45) is 2.27. The van der Waals surface area contributed by atoms with Gasteiger partial charge in [-0.1, -0.05) is 25.6 Å². The molecule has 1 heterocycles. The number of unbranched alkanes of at least 4 members (excludes halogenated alkanes) is 1. The van der Waals surface area contributed by atoms with Crippen LogP contribution in [0.25, 0.3) is 0 Å². The fraction of sp³-hybridized carbons (Fsp3) is 0.455. The molecule has 82 valence electrons. The van der Waals surface area contributed by atoms with Gasteiger partial charge in [-0.2, -0.15) is 0 Å². The van der Waals surface area contributed by atoms with Crippen LogP contribution in [0.1, 0.15) is 31.0 Å².